The minimum atomic E-state index is -0.696. The fourth-order valence-electron chi connectivity index (χ4n) is 1.58. The van der Waals surface area contributed by atoms with Crippen molar-refractivity contribution in [2.75, 3.05) is 13.1 Å². The van der Waals surface area contributed by atoms with Crippen molar-refractivity contribution in [3.05, 3.63) is 34.6 Å². The molecule has 0 radical (unpaired) electrons. The van der Waals surface area contributed by atoms with E-state index in [-0.39, 0.29) is 23.0 Å². The van der Waals surface area contributed by atoms with Gasteiger partial charge in [-0.2, -0.15) is 0 Å². The Bertz CT molecular complexity index is 494. The van der Waals surface area contributed by atoms with Crippen molar-refractivity contribution in [2.24, 2.45) is 10.9 Å². The summed E-state index contributed by atoms with van der Waals surface area (Å²) in [5, 5.41) is 11.6. The lowest BCUT2D eigenvalue weighted by Crippen LogP contribution is -2.39. The molecule has 0 aliphatic rings. The molecule has 0 aromatic heterocycles. The lowest BCUT2D eigenvalue weighted by atomic mass is 10.1. The molecule has 0 atom stereocenters. The molecule has 0 spiro atoms. The van der Waals surface area contributed by atoms with Crippen LogP contribution in [0.5, 0.6) is 0 Å². The first-order valence-corrected chi connectivity index (χ1v) is 6.08. The predicted molar refractivity (Wildman–Crippen MR) is 71.0 cm³/mol. The SMILES string of the molecule is CCCN(CC(N)=NO)C(=O)c1ccc(Cl)cc1F. The van der Waals surface area contributed by atoms with Crippen molar-refractivity contribution >= 4 is 23.3 Å². The maximum absolute atomic E-state index is 13.7. The lowest BCUT2D eigenvalue weighted by Gasteiger charge is -2.21. The van der Waals surface area contributed by atoms with Crippen LogP contribution in [0.2, 0.25) is 5.02 Å². The molecular weight excluding hydrogens is 273 g/mol. The van der Waals surface area contributed by atoms with E-state index in [4.69, 9.17) is 22.5 Å². The summed E-state index contributed by atoms with van der Waals surface area (Å²) in [6.45, 7) is 2.17. The van der Waals surface area contributed by atoms with Crippen LogP contribution < -0.4 is 5.73 Å². The smallest absolute Gasteiger partial charge is 0.257 e. The lowest BCUT2D eigenvalue weighted by molar-refractivity contribution is 0.0773. The van der Waals surface area contributed by atoms with Crippen LogP contribution in [0, 0.1) is 5.82 Å². The largest absolute Gasteiger partial charge is 0.409 e. The number of halogens is 2. The monoisotopic (exact) mass is 287 g/mol. The van der Waals surface area contributed by atoms with Crippen LogP contribution in [0.1, 0.15) is 23.7 Å². The van der Waals surface area contributed by atoms with Gasteiger partial charge in [0.1, 0.15) is 5.82 Å². The molecule has 7 heteroatoms. The maximum atomic E-state index is 13.7. The number of rotatable bonds is 5. The number of amides is 1. The second-order valence-corrected chi connectivity index (χ2v) is 4.38. The molecule has 0 heterocycles. The zero-order valence-corrected chi connectivity index (χ0v) is 11.2. The number of carbonyl (C=O) groups is 1. The molecule has 5 nitrogen and oxygen atoms in total. The van der Waals surface area contributed by atoms with Crippen LogP contribution >= 0.6 is 11.6 Å². The van der Waals surface area contributed by atoms with Crippen LogP contribution in [0.25, 0.3) is 0 Å². The van der Waals surface area contributed by atoms with Gasteiger partial charge in [-0.15, -0.1) is 0 Å². The third-order valence-corrected chi connectivity index (χ3v) is 2.66. The fourth-order valence-corrected chi connectivity index (χ4v) is 1.74. The summed E-state index contributed by atoms with van der Waals surface area (Å²) in [6.07, 6.45) is 0.666. The summed E-state index contributed by atoms with van der Waals surface area (Å²) < 4.78 is 13.7. The minimum absolute atomic E-state index is 0.0642. The quantitative estimate of drug-likeness (QED) is 0.377. The molecule has 104 valence electrons. The number of hydrogen-bond donors (Lipinski definition) is 2. The molecule has 3 N–H and O–H groups in total. The second-order valence-electron chi connectivity index (χ2n) is 3.94. The van der Waals surface area contributed by atoms with Gasteiger partial charge in [0.2, 0.25) is 0 Å². The van der Waals surface area contributed by atoms with Crippen LogP contribution in [-0.4, -0.2) is 34.9 Å². The summed E-state index contributed by atoms with van der Waals surface area (Å²) in [6, 6.07) is 3.82. The van der Waals surface area contributed by atoms with Gasteiger partial charge in [0, 0.05) is 11.6 Å². The van der Waals surface area contributed by atoms with Crippen molar-refractivity contribution in [3.8, 4) is 0 Å². The zero-order valence-electron chi connectivity index (χ0n) is 10.4. The van der Waals surface area contributed by atoms with Crippen molar-refractivity contribution in [1.82, 2.24) is 4.90 Å². The van der Waals surface area contributed by atoms with Crippen LogP contribution in [0.4, 0.5) is 4.39 Å². The molecule has 0 fully saturated rings. The molecule has 19 heavy (non-hydrogen) atoms. The van der Waals surface area contributed by atoms with Crippen LogP contribution in [0.3, 0.4) is 0 Å². The number of nitrogens with two attached hydrogens (primary N) is 1. The Balaban J connectivity index is 2.98. The normalized spacial score (nSPS) is 11.4. The van der Waals surface area contributed by atoms with Crippen molar-refractivity contribution in [3.63, 3.8) is 0 Å². The number of carbonyl (C=O) groups excluding carboxylic acids is 1. The Kier molecular flexibility index (Phi) is 5.57. The Labute approximate surface area is 115 Å². The molecule has 1 amide bonds. The molecule has 0 unspecified atom stereocenters. The van der Waals surface area contributed by atoms with E-state index < -0.39 is 11.7 Å². The van der Waals surface area contributed by atoms with Crippen LogP contribution in [0.15, 0.2) is 23.4 Å². The first kappa shape index (κ1) is 15.2. The van der Waals surface area contributed by atoms with E-state index in [1.807, 2.05) is 6.92 Å². The number of nitrogens with zero attached hydrogens (tertiary/aromatic N) is 2. The van der Waals surface area contributed by atoms with Crippen molar-refractivity contribution in [1.29, 1.82) is 0 Å². The van der Waals surface area contributed by atoms with Crippen molar-refractivity contribution in [2.45, 2.75) is 13.3 Å². The first-order chi connectivity index (χ1) is 8.99. The first-order valence-electron chi connectivity index (χ1n) is 5.70. The van der Waals surface area contributed by atoms with E-state index in [2.05, 4.69) is 5.16 Å². The third kappa shape index (κ3) is 4.10. The van der Waals surface area contributed by atoms with Gasteiger partial charge < -0.3 is 15.8 Å². The van der Waals surface area contributed by atoms with Gasteiger partial charge in [-0.25, -0.2) is 4.39 Å². The molecule has 1 aromatic carbocycles. The van der Waals surface area contributed by atoms with E-state index in [9.17, 15) is 9.18 Å². The van der Waals surface area contributed by atoms with Gasteiger partial charge in [0.05, 0.1) is 12.1 Å². The summed E-state index contributed by atoms with van der Waals surface area (Å²) in [5.74, 6) is -1.34. The molecular formula is C12H15ClFN3O2. The highest BCUT2D eigenvalue weighted by molar-refractivity contribution is 6.30. The number of hydrogen-bond acceptors (Lipinski definition) is 3. The minimum Gasteiger partial charge on any atom is -0.409 e. The topological polar surface area (TPSA) is 78.9 Å². The Hall–Kier alpha value is -1.82. The Morgan fingerprint density at radius 3 is 2.79 bits per heavy atom. The summed E-state index contributed by atoms with van der Waals surface area (Å²) in [4.78, 5) is 13.5. The molecule has 0 aliphatic heterocycles. The van der Waals surface area contributed by atoms with E-state index in [1.54, 1.807) is 0 Å². The number of oxime groups is 1. The highest BCUT2D eigenvalue weighted by atomic mass is 35.5. The van der Waals surface area contributed by atoms with Gasteiger partial charge in [-0.3, -0.25) is 4.79 Å². The standard InChI is InChI=1S/C12H15ClFN3O2/c1-2-5-17(7-11(15)16-19)12(18)9-4-3-8(13)6-10(9)14/h3-4,6,19H,2,5,7H2,1H3,(H2,15,16). The highest BCUT2D eigenvalue weighted by Crippen LogP contribution is 2.16. The van der Waals surface area contributed by atoms with Crippen LogP contribution in [-0.2, 0) is 0 Å². The molecule has 0 bridgehead atoms. The van der Waals surface area contributed by atoms with Gasteiger partial charge >= 0.3 is 0 Å². The summed E-state index contributed by atoms with van der Waals surface area (Å²) in [5.41, 5.74) is 5.28. The van der Waals surface area contributed by atoms with E-state index in [0.29, 0.717) is 13.0 Å². The average molecular weight is 288 g/mol. The molecule has 0 saturated heterocycles. The van der Waals surface area contributed by atoms with Gasteiger partial charge in [-0.1, -0.05) is 23.7 Å². The Morgan fingerprint density at radius 2 is 2.26 bits per heavy atom. The average Bonchev–Trinajstić information content (AvgIpc) is 2.37. The van der Waals surface area contributed by atoms with Gasteiger partial charge in [-0.05, 0) is 24.6 Å². The van der Waals surface area contributed by atoms with E-state index >= 15 is 0 Å². The number of amidine groups is 1. The molecule has 0 aliphatic carbocycles. The second kappa shape index (κ2) is 6.94. The summed E-state index contributed by atoms with van der Waals surface area (Å²) in [7, 11) is 0. The molecule has 1 aromatic rings. The predicted octanol–water partition coefficient (Wildman–Crippen LogP) is 2.08. The van der Waals surface area contributed by atoms with Gasteiger partial charge in [0.15, 0.2) is 5.84 Å². The molecule has 0 saturated carbocycles. The summed E-state index contributed by atoms with van der Waals surface area (Å²) >= 11 is 5.63. The van der Waals surface area contributed by atoms with Crippen molar-refractivity contribution < 1.29 is 14.4 Å². The third-order valence-electron chi connectivity index (χ3n) is 2.42. The van der Waals surface area contributed by atoms with Gasteiger partial charge in [0.25, 0.3) is 5.91 Å². The molecule has 1 rings (SSSR count). The van der Waals surface area contributed by atoms with E-state index in [0.717, 1.165) is 6.07 Å². The number of benzene rings is 1. The fraction of sp³-hybridized carbons (Fsp3) is 0.333. The van der Waals surface area contributed by atoms with E-state index in [1.165, 1.54) is 17.0 Å². The Morgan fingerprint density at radius 1 is 1.58 bits per heavy atom. The highest BCUT2D eigenvalue weighted by Gasteiger charge is 2.19. The zero-order chi connectivity index (χ0) is 14.4. The maximum Gasteiger partial charge on any atom is 0.257 e.